The highest BCUT2D eigenvalue weighted by Gasteiger charge is 2.04. The second-order valence-corrected chi connectivity index (χ2v) is 5.37. The van der Waals surface area contributed by atoms with Crippen molar-refractivity contribution >= 4 is 21.9 Å². The van der Waals surface area contributed by atoms with Gasteiger partial charge in [0.2, 0.25) is 0 Å². The Morgan fingerprint density at radius 1 is 1.42 bits per heavy atom. The molecule has 4 nitrogen and oxygen atoms in total. The number of ether oxygens (including phenoxy) is 1. The first-order valence-corrected chi connectivity index (χ1v) is 7.05. The number of hydrogen-bond donors (Lipinski definition) is 1. The van der Waals surface area contributed by atoms with E-state index < -0.39 is 5.97 Å². The number of carboxylic acid groups (broad SMARTS) is 1. The summed E-state index contributed by atoms with van der Waals surface area (Å²) in [4.78, 5) is 12.6. The lowest BCUT2D eigenvalue weighted by atomic mass is 10.1. The van der Waals surface area contributed by atoms with E-state index in [1.165, 1.54) is 5.56 Å². The van der Waals surface area contributed by atoms with Gasteiger partial charge in [0.05, 0.1) is 11.6 Å². The number of carbonyl (C=O) groups is 1. The number of halogens is 1. The van der Waals surface area contributed by atoms with E-state index in [1.807, 2.05) is 13.1 Å². The number of carboxylic acids is 1. The molecule has 0 amide bonds. The highest BCUT2D eigenvalue weighted by Crippen LogP contribution is 2.25. The molecule has 0 atom stereocenters. The Balaban J connectivity index is 2.35. The largest absolute Gasteiger partial charge is 0.496 e. The van der Waals surface area contributed by atoms with Gasteiger partial charge in [-0.1, -0.05) is 6.07 Å². The summed E-state index contributed by atoms with van der Waals surface area (Å²) < 4.78 is 6.15. The molecule has 106 valence electrons. The van der Waals surface area contributed by atoms with Gasteiger partial charge < -0.3 is 14.7 Å². The third kappa shape index (κ3) is 6.07. The normalized spacial score (nSPS) is 10.7. The van der Waals surface area contributed by atoms with E-state index >= 15 is 0 Å². The predicted molar refractivity (Wildman–Crippen MR) is 78.8 cm³/mol. The minimum absolute atomic E-state index is 0.235. The second kappa shape index (κ2) is 8.17. The van der Waals surface area contributed by atoms with Gasteiger partial charge in [-0.15, -0.1) is 0 Å². The molecule has 1 aromatic carbocycles. The summed E-state index contributed by atoms with van der Waals surface area (Å²) in [6, 6.07) is 6.06. The molecule has 0 bridgehead atoms. The van der Waals surface area contributed by atoms with Gasteiger partial charge in [0.1, 0.15) is 5.75 Å². The van der Waals surface area contributed by atoms with Crippen LogP contribution >= 0.6 is 15.9 Å². The van der Waals surface area contributed by atoms with Crippen LogP contribution in [0.15, 0.2) is 22.7 Å². The molecule has 0 radical (unpaired) electrons. The van der Waals surface area contributed by atoms with E-state index in [4.69, 9.17) is 9.84 Å². The number of aliphatic carboxylic acids is 1. The maximum atomic E-state index is 10.4. The zero-order chi connectivity index (χ0) is 14.3. The first-order chi connectivity index (χ1) is 9.02. The Hall–Kier alpha value is -1.07. The van der Waals surface area contributed by atoms with Crippen molar-refractivity contribution in [3.8, 4) is 5.75 Å². The van der Waals surface area contributed by atoms with E-state index in [2.05, 4.69) is 33.0 Å². The third-order valence-corrected chi connectivity index (χ3v) is 3.55. The van der Waals surface area contributed by atoms with Crippen LogP contribution in [0.4, 0.5) is 0 Å². The molecule has 0 aliphatic carbocycles. The van der Waals surface area contributed by atoms with Gasteiger partial charge in [0, 0.05) is 13.0 Å². The van der Waals surface area contributed by atoms with Crippen LogP contribution in [0.2, 0.25) is 0 Å². The summed E-state index contributed by atoms with van der Waals surface area (Å²) in [5, 5.41) is 8.58. The first kappa shape index (κ1) is 16.0. The standard InChI is InChI=1S/C14H20BrNO3/c1-16(8-3-4-14(17)18)9-7-11-5-6-13(19-2)12(15)10-11/h5-6,10H,3-4,7-9H2,1-2H3,(H,17,18). The van der Waals surface area contributed by atoms with Crippen LogP contribution < -0.4 is 4.74 Å². The Bertz CT molecular complexity index is 423. The molecule has 0 saturated carbocycles. The van der Waals surface area contributed by atoms with Crippen LogP contribution in [0.5, 0.6) is 5.75 Å². The average molecular weight is 330 g/mol. The lowest BCUT2D eigenvalue weighted by molar-refractivity contribution is -0.137. The molecule has 0 aliphatic heterocycles. The topological polar surface area (TPSA) is 49.8 Å². The van der Waals surface area contributed by atoms with Gasteiger partial charge in [-0.25, -0.2) is 0 Å². The number of methoxy groups -OCH3 is 1. The van der Waals surface area contributed by atoms with Crippen molar-refractivity contribution in [1.29, 1.82) is 0 Å². The van der Waals surface area contributed by atoms with Crippen molar-refractivity contribution in [2.75, 3.05) is 27.2 Å². The van der Waals surface area contributed by atoms with Gasteiger partial charge in [0.25, 0.3) is 0 Å². The zero-order valence-corrected chi connectivity index (χ0v) is 12.9. The fraction of sp³-hybridized carbons (Fsp3) is 0.500. The van der Waals surface area contributed by atoms with Crippen molar-refractivity contribution in [1.82, 2.24) is 4.90 Å². The van der Waals surface area contributed by atoms with Gasteiger partial charge in [0.15, 0.2) is 0 Å². The molecule has 0 heterocycles. The molecule has 19 heavy (non-hydrogen) atoms. The molecule has 1 rings (SSSR count). The molecule has 0 fully saturated rings. The summed E-state index contributed by atoms with van der Waals surface area (Å²) in [5.74, 6) is 0.103. The Morgan fingerprint density at radius 3 is 2.74 bits per heavy atom. The summed E-state index contributed by atoms with van der Waals surface area (Å²) in [5.41, 5.74) is 1.23. The zero-order valence-electron chi connectivity index (χ0n) is 11.4. The molecule has 0 unspecified atom stereocenters. The molecule has 0 aliphatic rings. The molecule has 0 saturated heterocycles. The van der Waals surface area contributed by atoms with E-state index in [-0.39, 0.29) is 6.42 Å². The lowest BCUT2D eigenvalue weighted by Gasteiger charge is -2.16. The predicted octanol–water partition coefficient (Wildman–Crippen LogP) is 2.80. The van der Waals surface area contributed by atoms with Crippen LogP contribution in [0, 0.1) is 0 Å². The van der Waals surface area contributed by atoms with Crippen molar-refractivity contribution in [3.63, 3.8) is 0 Å². The molecule has 1 N–H and O–H groups in total. The second-order valence-electron chi connectivity index (χ2n) is 4.52. The van der Waals surface area contributed by atoms with Crippen molar-refractivity contribution in [3.05, 3.63) is 28.2 Å². The lowest BCUT2D eigenvalue weighted by Crippen LogP contribution is -2.23. The highest BCUT2D eigenvalue weighted by molar-refractivity contribution is 9.10. The van der Waals surface area contributed by atoms with Gasteiger partial charge in [-0.05, 0) is 60.1 Å². The van der Waals surface area contributed by atoms with Crippen molar-refractivity contribution in [2.24, 2.45) is 0 Å². The average Bonchev–Trinajstić information content (AvgIpc) is 2.36. The monoisotopic (exact) mass is 329 g/mol. The summed E-state index contributed by atoms with van der Waals surface area (Å²) in [7, 11) is 3.66. The SMILES string of the molecule is COc1ccc(CCN(C)CCCC(=O)O)cc1Br. The Labute approximate surface area is 122 Å². The maximum Gasteiger partial charge on any atom is 0.303 e. The molecular weight excluding hydrogens is 310 g/mol. The molecule has 0 aromatic heterocycles. The minimum Gasteiger partial charge on any atom is -0.496 e. The summed E-state index contributed by atoms with van der Waals surface area (Å²) in [6.45, 7) is 1.72. The highest BCUT2D eigenvalue weighted by atomic mass is 79.9. The Morgan fingerprint density at radius 2 is 2.16 bits per heavy atom. The maximum absolute atomic E-state index is 10.4. The quantitative estimate of drug-likeness (QED) is 0.796. The van der Waals surface area contributed by atoms with Crippen LogP contribution in [-0.4, -0.2) is 43.2 Å². The van der Waals surface area contributed by atoms with E-state index in [0.717, 1.165) is 29.7 Å². The number of benzene rings is 1. The number of likely N-dealkylation sites (N-methyl/N-ethyl adjacent to an activating group) is 1. The van der Waals surface area contributed by atoms with Gasteiger partial charge in [-0.3, -0.25) is 4.79 Å². The van der Waals surface area contributed by atoms with Crippen molar-refractivity contribution in [2.45, 2.75) is 19.3 Å². The van der Waals surface area contributed by atoms with Crippen LogP contribution in [0.3, 0.4) is 0 Å². The van der Waals surface area contributed by atoms with Crippen LogP contribution in [0.25, 0.3) is 0 Å². The third-order valence-electron chi connectivity index (χ3n) is 2.93. The van der Waals surface area contributed by atoms with E-state index in [1.54, 1.807) is 7.11 Å². The number of hydrogen-bond acceptors (Lipinski definition) is 3. The van der Waals surface area contributed by atoms with Crippen LogP contribution in [0.1, 0.15) is 18.4 Å². The van der Waals surface area contributed by atoms with E-state index in [0.29, 0.717) is 6.42 Å². The smallest absolute Gasteiger partial charge is 0.303 e. The molecule has 5 heteroatoms. The summed E-state index contributed by atoms with van der Waals surface area (Å²) in [6.07, 6.45) is 1.86. The van der Waals surface area contributed by atoms with Gasteiger partial charge in [-0.2, -0.15) is 0 Å². The minimum atomic E-state index is -0.729. The van der Waals surface area contributed by atoms with Gasteiger partial charge >= 0.3 is 5.97 Å². The van der Waals surface area contributed by atoms with Crippen LogP contribution in [-0.2, 0) is 11.2 Å². The molecule has 1 aromatic rings. The molecule has 0 spiro atoms. The van der Waals surface area contributed by atoms with E-state index in [9.17, 15) is 4.79 Å². The fourth-order valence-electron chi connectivity index (χ4n) is 1.80. The number of nitrogens with zero attached hydrogens (tertiary/aromatic N) is 1. The molecular formula is C14H20BrNO3. The first-order valence-electron chi connectivity index (χ1n) is 6.25. The number of rotatable bonds is 8. The van der Waals surface area contributed by atoms with Crippen molar-refractivity contribution < 1.29 is 14.6 Å². The fourth-order valence-corrected chi connectivity index (χ4v) is 2.39. The Kier molecular flexibility index (Phi) is 6.87. The summed E-state index contributed by atoms with van der Waals surface area (Å²) >= 11 is 3.47.